The van der Waals surface area contributed by atoms with Crippen LogP contribution in [0.4, 0.5) is 15.0 Å². The SMILES string of the molecule is C=CCN(c1ccc(-c2nnc(-c3cc(F)c(OC[C@@H]4COC(C)(C)N4C(=O)OC(C)(C)C)cc3Cl)s2)cn1)C(C)C. The van der Waals surface area contributed by atoms with Crippen LogP contribution in [-0.2, 0) is 9.47 Å². The Morgan fingerprint density at radius 1 is 1.31 bits per heavy atom. The van der Waals surface area contributed by atoms with Crippen LogP contribution in [0.25, 0.3) is 21.1 Å². The van der Waals surface area contributed by atoms with Crippen LogP contribution in [0, 0.1) is 5.82 Å². The van der Waals surface area contributed by atoms with Crippen LogP contribution in [0.15, 0.2) is 43.1 Å². The highest BCUT2D eigenvalue weighted by molar-refractivity contribution is 7.18. The lowest BCUT2D eigenvalue weighted by Crippen LogP contribution is -2.51. The minimum atomic E-state index is -0.902. The Morgan fingerprint density at radius 2 is 2.02 bits per heavy atom. The van der Waals surface area contributed by atoms with E-state index in [4.69, 9.17) is 25.8 Å². The molecule has 0 spiro atoms. The fourth-order valence-electron chi connectivity index (χ4n) is 4.51. The second-order valence-corrected chi connectivity index (χ2v) is 13.1. The van der Waals surface area contributed by atoms with Crippen molar-refractivity contribution in [1.29, 1.82) is 0 Å². The van der Waals surface area contributed by atoms with Gasteiger partial charge in [-0.05, 0) is 66.7 Å². The Balaban J connectivity index is 1.48. The molecule has 3 aromatic rings. The first kappa shape index (κ1) is 31.7. The first-order valence-corrected chi connectivity index (χ1v) is 14.9. The van der Waals surface area contributed by atoms with Gasteiger partial charge in [0.1, 0.15) is 33.8 Å². The number of rotatable bonds is 9. The highest BCUT2D eigenvalue weighted by Gasteiger charge is 2.46. The van der Waals surface area contributed by atoms with E-state index in [0.29, 0.717) is 22.1 Å². The standard InChI is InChI=1S/C30H37ClFN5O4S/c1-9-12-36(18(2)3)25-11-10-19(15-33-25)26-34-35-27(42-26)21-13-23(32)24(14-22(21)31)39-16-20-17-40-30(7,8)37(20)28(38)41-29(4,5)6/h9-11,13-15,18,20H,1,12,16-17H2,2-8H3/t20-/m1/s1. The molecule has 0 N–H and O–H groups in total. The molecule has 1 atom stereocenters. The molecule has 0 bridgehead atoms. The maximum atomic E-state index is 15.2. The van der Waals surface area contributed by atoms with Gasteiger partial charge in [0.15, 0.2) is 11.6 Å². The molecule has 4 rings (SSSR count). The highest BCUT2D eigenvalue weighted by Crippen LogP contribution is 2.38. The number of carbonyl (C=O) groups is 1. The summed E-state index contributed by atoms with van der Waals surface area (Å²) < 4.78 is 32.4. The average Bonchev–Trinajstić information content (AvgIpc) is 3.50. The summed E-state index contributed by atoms with van der Waals surface area (Å²) in [4.78, 5) is 21.1. The molecular weight excluding hydrogens is 581 g/mol. The predicted molar refractivity (Wildman–Crippen MR) is 164 cm³/mol. The van der Waals surface area contributed by atoms with Gasteiger partial charge in [0.25, 0.3) is 0 Å². The molecule has 0 radical (unpaired) electrons. The first-order valence-electron chi connectivity index (χ1n) is 13.7. The van der Waals surface area contributed by atoms with Gasteiger partial charge >= 0.3 is 6.09 Å². The van der Waals surface area contributed by atoms with Gasteiger partial charge in [0.2, 0.25) is 0 Å². The molecule has 3 heterocycles. The van der Waals surface area contributed by atoms with Crippen molar-refractivity contribution in [2.24, 2.45) is 0 Å². The van der Waals surface area contributed by atoms with Crippen molar-refractivity contribution >= 4 is 34.8 Å². The van der Waals surface area contributed by atoms with Crippen LogP contribution < -0.4 is 9.64 Å². The Labute approximate surface area is 255 Å². The Kier molecular flexibility index (Phi) is 9.44. The van der Waals surface area contributed by atoms with Gasteiger partial charge in [-0.1, -0.05) is 29.0 Å². The largest absolute Gasteiger partial charge is 0.488 e. The normalized spacial score (nSPS) is 16.5. The molecule has 1 aliphatic rings. The topological polar surface area (TPSA) is 89.9 Å². The summed E-state index contributed by atoms with van der Waals surface area (Å²) in [5, 5.41) is 9.87. The molecule has 0 unspecified atom stereocenters. The van der Waals surface area contributed by atoms with Crippen molar-refractivity contribution in [2.75, 3.05) is 24.7 Å². The summed E-state index contributed by atoms with van der Waals surface area (Å²) >= 11 is 7.84. The summed E-state index contributed by atoms with van der Waals surface area (Å²) in [6.45, 7) is 17.8. The molecule has 1 saturated heterocycles. The number of hydrogen-bond donors (Lipinski definition) is 0. The Bertz CT molecular complexity index is 1420. The number of hydrogen-bond acceptors (Lipinski definition) is 9. The predicted octanol–water partition coefficient (Wildman–Crippen LogP) is 7.21. The third-order valence-electron chi connectivity index (χ3n) is 6.51. The minimum Gasteiger partial charge on any atom is -0.488 e. The number of pyridine rings is 1. The fraction of sp³-hybridized carbons (Fsp3) is 0.467. The van der Waals surface area contributed by atoms with Crippen LogP contribution in [0.5, 0.6) is 5.75 Å². The number of benzene rings is 1. The molecular formula is C30H37ClFN5O4S. The summed E-state index contributed by atoms with van der Waals surface area (Å²) in [5.41, 5.74) is -0.395. The van der Waals surface area contributed by atoms with Crippen LogP contribution in [0.1, 0.15) is 48.5 Å². The quantitative estimate of drug-likeness (QED) is 0.233. The fourth-order valence-corrected chi connectivity index (χ4v) is 5.68. The van der Waals surface area contributed by atoms with Crippen molar-refractivity contribution < 1.29 is 23.4 Å². The number of carbonyl (C=O) groups excluding carboxylic acids is 1. The Morgan fingerprint density at radius 3 is 2.64 bits per heavy atom. The molecule has 1 amide bonds. The molecule has 12 heteroatoms. The summed E-state index contributed by atoms with van der Waals surface area (Å²) in [6, 6.07) is 6.32. The lowest BCUT2D eigenvalue weighted by molar-refractivity contribution is -0.0637. The van der Waals surface area contributed by atoms with Crippen molar-refractivity contribution in [3.8, 4) is 26.9 Å². The van der Waals surface area contributed by atoms with E-state index in [1.807, 2.05) is 18.2 Å². The number of halogens is 2. The maximum Gasteiger partial charge on any atom is 0.413 e. The maximum absolute atomic E-state index is 15.2. The van der Waals surface area contributed by atoms with Crippen LogP contribution in [0.2, 0.25) is 5.02 Å². The molecule has 1 aliphatic heterocycles. The van der Waals surface area contributed by atoms with E-state index < -0.39 is 29.3 Å². The molecule has 1 fully saturated rings. The third-order valence-corrected chi connectivity index (χ3v) is 7.83. The van der Waals surface area contributed by atoms with Gasteiger partial charge in [-0.2, -0.15) is 0 Å². The van der Waals surface area contributed by atoms with Gasteiger partial charge in [-0.25, -0.2) is 14.2 Å². The molecule has 42 heavy (non-hydrogen) atoms. The molecule has 0 aliphatic carbocycles. The summed E-state index contributed by atoms with van der Waals surface area (Å²) in [5.74, 6) is 0.174. The van der Waals surface area contributed by atoms with E-state index in [1.165, 1.54) is 28.4 Å². The molecule has 2 aromatic heterocycles. The van der Waals surface area contributed by atoms with E-state index in [1.54, 1.807) is 40.8 Å². The number of amides is 1. The molecule has 9 nitrogen and oxygen atoms in total. The van der Waals surface area contributed by atoms with Crippen molar-refractivity contribution in [3.63, 3.8) is 0 Å². The van der Waals surface area contributed by atoms with Crippen molar-refractivity contribution in [1.82, 2.24) is 20.1 Å². The second-order valence-electron chi connectivity index (χ2n) is 11.7. The smallest absolute Gasteiger partial charge is 0.413 e. The summed E-state index contributed by atoms with van der Waals surface area (Å²) in [6.07, 6.45) is 3.05. The molecule has 226 valence electrons. The lowest BCUT2D eigenvalue weighted by Gasteiger charge is -2.35. The third kappa shape index (κ3) is 7.19. The van der Waals surface area contributed by atoms with Gasteiger partial charge in [0.05, 0.1) is 17.7 Å². The Hall–Kier alpha value is -3.28. The monoisotopic (exact) mass is 617 g/mol. The number of anilines is 1. The lowest BCUT2D eigenvalue weighted by atomic mass is 10.2. The zero-order valence-electron chi connectivity index (χ0n) is 25.0. The van der Waals surface area contributed by atoms with Gasteiger partial charge in [0, 0.05) is 36.0 Å². The number of nitrogens with zero attached hydrogens (tertiary/aromatic N) is 5. The van der Waals surface area contributed by atoms with E-state index in [-0.39, 0.29) is 30.0 Å². The highest BCUT2D eigenvalue weighted by atomic mass is 35.5. The minimum absolute atomic E-state index is 0.0117. The second kappa shape index (κ2) is 12.5. The van der Waals surface area contributed by atoms with E-state index >= 15 is 4.39 Å². The van der Waals surface area contributed by atoms with E-state index in [2.05, 4.69) is 40.5 Å². The van der Waals surface area contributed by atoms with E-state index in [0.717, 1.165) is 11.4 Å². The summed E-state index contributed by atoms with van der Waals surface area (Å²) in [7, 11) is 0. The van der Waals surface area contributed by atoms with Crippen LogP contribution >= 0.6 is 22.9 Å². The van der Waals surface area contributed by atoms with Gasteiger partial charge in [-0.15, -0.1) is 16.8 Å². The molecule has 0 saturated carbocycles. The van der Waals surface area contributed by atoms with Crippen molar-refractivity contribution in [3.05, 3.63) is 54.0 Å². The van der Waals surface area contributed by atoms with E-state index in [9.17, 15) is 4.79 Å². The first-order chi connectivity index (χ1) is 19.7. The zero-order chi connectivity index (χ0) is 30.8. The molecule has 1 aromatic carbocycles. The van der Waals surface area contributed by atoms with Crippen molar-refractivity contribution in [2.45, 2.75) is 71.9 Å². The number of ether oxygens (including phenoxy) is 3. The van der Waals surface area contributed by atoms with Crippen LogP contribution in [0.3, 0.4) is 0 Å². The van der Waals surface area contributed by atoms with Crippen LogP contribution in [-0.4, -0.2) is 69.3 Å². The number of aromatic nitrogens is 3. The average molecular weight is 618 g/mol. The van der Waals surface area contributed by atoms with Gasteiger partial charge < -0.3 is 19.1 Å². The van der Waals surface area contributed by atoms with Gasteiger partial charge in [-0.3, -0.25) is 4.90 Å². The zero-order valence-corrected chi connectivity index (χ0v) is 26.6.